The van der Waals surface area contributed by atoms with Crippen LogP contribution in [0.1, 0.15) is 32.0 Å². The predicted molar refractivity (Wildman–Crippen MR) is 77.1 cm³/mol. The van der Waals surface area contributed by atoms with Crippen LogP contribution in [0.5, 0.6) is 0 Å². The molecule has 1 aromatic heterocycles. The van der Waals surface area contributed by atoms with Gasteiger partial charge in [0.15, 0.2) is 6.17 Å². The van der Waals surface area contributed by atoms with E-state index in [1.165, 1.54) is 6.21 Å². The highest BCUT2D eigenvalue weighted by Gasteiger charge is 2.22. The molecule has 0 saturated carbocycles. The third kappa shape index (κ3) is 2.50. The summed E-state index contributed by atoms with van der Waals surface area (Å²) in [6.45, 7) is 7.49. The largest absolute Gasteiger partial charge is 0.345 e. The van der Waals surface area contributed by atoms with Crippen molar-refractivity contribution < 1.29 is 0 Å². The van der Waals surface area contributed by atoms with Crippen molar-refractivity contribution in [2.75, 3.05) is 5.32 Å². The fourth-order valence-electron chi connectivity index (χ4n) is 2.13. The number of nitrogens with one attached hydrogen (secondary N) is 2. The molecule has 1 atom stereocenters. The Kier molecular flexibility index (Phi) is 3.33. The molecule has 1 aliphatic rings. The molecule has 0 amide bonds. The van der Waals surface area contributed by atoms with Crippen LogP contribution in [0.4, 0.5) is 5.82 Å². The summed E-state index contributed by atoms with van der Waals surface area (Å²) in [6.07, 6.45) is 3.36. The topological polar surface area (TPSA) is 53.2 Å². The minimum absolute atomic E-state index is 0.174. The first kappa shape index (κ1) is 12.9. The second-order valence-corrected chi connectivity index (χ2v) is 5.82. The van der Waals surface area contributed by atoms with Gasteiger partial charge in [0.1, 0.15) is 5.82 Å². The highest BCUT2D eigenvalue weighted by molar-refractivity contribution is 6.08. The Bertz CT molecular complexity index is 482. The van der Waals surface area contributed by atoms with Gasteiger partial charge in [0.2, 0.25) is 0 Å². The van der Waals surface area contributed by atoms with Gasteiger partial charge in [-0.3, -0.25) is 4.99 Å². The van der Waals surface area contributed by atoms with Crippen LogP contribution in [0.2, 0.25) is 0 Å². The lowest BCUT2D eigenvalue weighted by Gasteiger charge is -2.25. The van der Waals surface area contributed by atoms with Crippen molar-refractivity contribution in [3.63, 3.8) is 0 Å². The highest BCUT2D eigenvalue weighted by atomic mass is 15.2. The summed E-state index contributed by atoms with van der Waals surface area (Å²) < 4.78 is 2.21. The second-order valence-electron chi connectivity index (χ2n) is 5.82. The Morgan fingerprint density at radius 1 is 1.56 bits per heavy atom. The van der Waals surface area contributed by atoms with Crippen LogP contribution in [-0.4, -0.2) is 31.0 Å². The number of fused-ring (bicyclic) bond motifs is 1. The standard InChI is InChI=1S/C13H19BN4/c1-13(2,3)8-18-10(5-14)4-9-7-16-11(6-15)17-12(9)18/h4,6-7,11,15,17H,5,8H2,1-3H3/t11-/m1/s1. The molecule has 0 bridgehead atoms. The Morgan fingerprint density at radius 3 is 2.83 bits per heavy atom. The third-order valence-electron chi connectivity index (χ3n) is 2.87. The van der Waals surface area contributed by atoms with Crippen molar-refractivity contribution in [3.8, 4) is 0 Å². The van der Waals surface area contributed by atoms with Crippen molar-refractivity contribution in [1.82, 2.24) is 4.57 Å². The Labute approximate surface area is 109 Å². The molecule has 2 heterocycles. The number of aromatic nitrogens is 1. The number of hydrogen-bond donors (Lipinski definition) is 2. The van der Waals surface area contributed by atoms with Crippen molar-refractivity contribution in [2.24, 2.45) is 10.4 Å². The first-order valence-corrected chi connectivity index (χ1v) is 6.17. The summed E-state index contributed by atoms with van der Waals surface area (Å²) in [6, 6.07) is 2.07. The average Bonchev–Trinajstić information content (AvgIpc) is 2.64. The zero-order chi connectivity index (χ0) is 13.3. The van der Waals surface area contributed by atoms with E-state index in [1.54, 1.807) is 0 Å². The lowest BCUT2D eigenvalue weighted by atomic mass is 9.96. The van der Waals surface area contributed by atoms with Crippen molar-refractivity contribution in [1.29, 1.82) is 5.41 Å². The lowest BCUT2D eigenvalue weighted by molar-refractivity contribution is 0.342. The van der Waals surface area contributed by atoms with E-state index in [0.29, 0.717) is 6.32 Å². The van der Waals surface area contributed by atoms with Crippen LogP contribution in [0.25, 0.3) is 0 Å². The van der Waals surface area contributed by atoms with Crippen LogP contribution in [0.15, 0.2) is 11.1 Å². The molecule has 1 aliphatic heterocycles. The molecule has 2 rings (SSSR count). The fourth-order valence-corrected chi connectivity index (χ4v) is 2.13. The summed E-state index contributed by atoms with van der Waals surface area (Å²) in [5, 5.41) is 10.6. The van der Waals surface area contributed by atoms with E-state index in [2.05, 4.69) is 41.7 Å². The van der Waals surface area contributed by atoms with Gasteiger partial charge in [0, 0.05) is 30.2 Å². The maximum atomic E-state index is 7.31. The van der Waals surface area contributed by atoms with E-state index >= 15 is 0 Å². The first-order valence-electron chi connectivity index (χ1n) is 6.17. The van der Waals surface area contributed by atoms with Crippen molar-refractivity contribution in [3.05, 3.63) is 17.3 Å². The Balaban J connectivity index is 2.42. The SMILES string of the molecule is [B]Cc1cc2c(n1CC(C)(C)C)N[C@H](C=N)N=C2. The molecule has 2 N–H and O–H groups in total. The van der Waals surface area contributed by atoms with Gasteiger partial charge in [-0.25, -0.2) is 0 Å². The molecule has 1 aromatic rings. The summed E-state index contributed by atoms with van der Waals surface area (Å²) in [5.74, 6) is 1.02. The van der Waals surface area contributed by atoms with E-state index in [1.807, 2.05) is 6.21 Å². The molecule has 94 valence electrons. The van der Waals surface area contributed by atoms with Gasteiger partial charge in [-0.15, -0.1) is 0 Å². The average molecular weight is 242 g/mol. The van der Waals surface area contributed by atoms with Crippen LogP contribution < -0.4 is 5.32 Å². The number of hydrogen-bond acceptors (Lipinski definition) is 3. The van der Waals surface area contributed by atoms with Gasteiger partial charge in [-0.1, -0.05) is 20.8 Å². The fraction of sp³-hybridized carbons (Fsp3) is 0.538. The Morgan fingerprint density at radius 2 is 2.28 bits per heavy atom. The van der Waals surface area contributed by atoms with Gasteiger partial charge >= 0.3 is 0 Å². The number of nitrogens with zero attached hydrogens (tertiary/aromatic N) is 2. The minimum Gasteiger partial charge on any atom is -0.345 e. The predicted octanol–water partition coefficient (Wildman–Crippen LogP) is 2.02. The zero-order valence-electron chi connectivity index (χ0n) is 11.2. The summed E-state index contributed by atoms with van der Waals surface area (Å²) in [4.78, 5) is 4.24. The summed E-state index contributed by atoms with van der Waals surface area (Å²) in [5.41, 5.74) is 2.32. The molecule has 4 nitrogen and oxygen atoms in total. The Hall–Kier alpha value is -1.52. The quantitative estimate of drug-likeness (QED) is 0.618. The van der Waals surface area contributed by atoms with E-state index in [4.69, 9.17) is 13.3 Å². The summed E-state index contributed by atoms with van der Waals surface area (Å²) >= 11 is 0. The number of rotatable bonds is 3. The zero-order valence-corrected chi connectivity index (χ0v) is 11.2. The molecule has 0 aliphatic carbocycles. The van der Waals surface area contributed by atoms with E-state index < -0.39 is 0 Å². The van der Waals surface area contributed by atoms with E-state index in [-0.39, 0.29) is 11.6 Å². The maximum Gasteiger partial charge on any atom is 0.155 e. The minimum atomic E-state index is -0.267. The molecular formula is C13H19BN4. The van der Waals surface area contributed by atoms with Gasteiger partial charge in [-0.05, 0) is 17.8 Å². The van der Waals surface area contributed by atoms with E-state index in [9.17, 15) is 0 Å². The van der Waals surface area contributed by atoms with Crippen LogP contribution >= 0.6 is 0 Å². The normalized spacial score (nSPS) is 18.3. The van der Waals surface area contributed by atoms with Crippen LogP contribution in [0, 0.1) is 10.8 Å². The lowest BCUT2D eigenvalue weighted by Crippen LogP contribution is -2.26. The number of anilines is 1. The third-order valence-corrected chi connectivity index (χ3v) is 2.87. The first-order chi connectivity index (χ1) is 8.44. The highest BCUT2D eigenvalue weighted by Crippen LogP contribution is 2.28. The molecule has 18 heavy (non-hydrogen) atoms. The molecular weight excluding hydrogens is 223 g/mol. The molecule has 0 spiro atoms. The molecule has 0 aromatic carbocycles. The molecule has 0 fully saturated rings. The second kappa shape index (κ2) is 4.63. The van der Waals surface area contributed by atoms with Gasteiger partial charge < -0.3 is 15.3 Å². The molecule has 2 radical (unpaired) electrons. The number of aliphatic imine (C=N–C) groups is 1. The summed E-state index contributed by atoms with van der Waals surface area (Å²) in [7, 11) is 5.81. The van der Waals surface area contributed by atoms with Crippen molar-refractivity contribution in [2.45, 2.75) is 39.8 Å². The van der Waals surface area contributed by atoms with E-state index in [0.717, 1.165) is 23.6 Å². The van der Waals surface area contributed by atoms with Crippen LogP contribution in [0.3, 0.4) is 0 Å². The maximum absolute atomic E-state index is 7.31. The smallest absolute Gasteiger partial charge is 0.155 e. The van der Waals surface area contributed by atoms with Gasteiger partial charge in [0.25, 0.3) is 0 Å². The molecule has 5 heteroatoms. The van der Waals surface area contributed by atoms with Gasteiger partial charge in [-0.2, -0.15) is 0 Å². The monoisotopic (exact) mass is 242 g/mol. The van der Waals surface area contributed by atoms with Gasteiger partial charge in [0.05, 0.1) is 7.85 Å². The molecule has 0 saturated heterocycles. The van der Waals surface area contributed by atoms with Crippen LogP contribution in [-0.2, 0) is 12.9 Å². The van der Waals surface area contributed by atoms with Crippen molar-refractivity contribution >= 4 is 26.1 Å². The molecule has 0 unspecified atom stereocenters.